The molecule has 7 heteroatoms. The molecule has 0 spiro atoms. The molecular weight excluding hydrogens is 358 g/mol. The highest BCUT2D eigenvalue weighted by Gasteiger charge is 2.19. The van der Waals surface area contributed by atoms with E-state index in [9.17, 15) is 4.79 Å². The number of nitrogens with zero attached hydrogens (tertiary/aromatic N) is 1. The van der Waals surface area contributed by atoms with Crippen molar-refractivity contribution < 1.29 is 19.0 Å². The van der Waals surface area contributed by atoms with Gasteiger partial charge in [-0.15, -0.1) is 0 Å². The number of hydrogen-bond donors (Lipinski definition) is 2. The zero-order valence-corrected chi connectivity index (χ0v) is 16.5. The minimum Gasteiger partial charge on any atom is -0.497 e. The Morgan fingerprint density at radius 1 is 0.964 bits per heavy atom. The van der Waals surface area contributed by atoms with Gasteiger partial charge in [-0.2, -0.15) is 0 Å². The predicted octanol–water partition coefficient (Wildman–Crippen LogP) is 3.96. The van der Waals surface area contributed by atoms with E-state index in [1.807, 2.05) is 24.3 Å². The van der Waals surface area contributed by atoms with Crippen LogP contribution < -0.4 is 25.0 Å². The van der Waals surface area contributed by atoms with Gasteiger partial charge in [-0.1, -0.05) is 0 Å². The van der Waals surface area contributed by atoms with E-state index < -0.39 is 0 Å². The summed E-state index contributed by atoms with van der Waals surface area (Å²) in [6.07, 6.45) is 2.49. The van der Waals surface area contributed by atoms with Gasteiger partial charge in [0.1, 0.15) is 11.5 Å². The maximum Gasteiger partial charge on any atom is 0.323 e. The van der Waals surface area contributed by atoms with Gasteiger partial charge in [0.25, 0.3) is 0 Å². The van der Waals surface area contributed by atoms with Crippen molar-refractivity contribution in [3.8, 4) is 11.5 Å². The van der Waals surface area contributed by atoms with Gasteiger partial charge in [0.15, 0.2) is 0 Å². The van der Waals surface area contributed by atoms with E-state index in [0.29, 0.717) is 17.2 Å². The van der Waals surface area contributed by atoms with Crippen LogP contribution in [0.5, 0.6) is 11.5 Å². The molecule has 7 nitrogen and oxygen atoms in total. The smallest absolute Gasteiger partial charge is 0.323 e. The summed E-state index contributed by atoms with van der Waals surface area (Å²) >= 11 is 0. The van der Waals surface area contributed by atoms with Crippen molar-refractivity contribution in [3.05, 3.63) is 42.5 Å². The summed E-state index contributed by atoms with van der Waals surface area (Å²) in [5, 5.41) is 5.63. The Kier molecular flexibility index (Phi) is 6.60. The van der Waals surface area contributed by atoms with Crippen LogP contribution in [0.3, 0.4) is 0 Å². The predicted molar refractivity (Wildman–Crippen MR) is 111 cm³/mol. The largest absolute Gasteiger partial charge is 0.497 e. The first-order valence-electron chi connectivity index (χ1n) is 9.30. The molecule has 2 aromatic carbocycles. The number of amides is 2. The van der Waals surface area contributed by atoms with E-state index in [1.54, 1.807) is 39.5 Å². The third-order valence-electron chi connectivity index (χ3n) is 4.81. The number of urea groups is 1. The number of anilines is 3. The molecule has 28 heavy (non-hydrogen) atoms. The van der Waals surface area contributed by atoms with Crippen molar-refractivity contribution in [1.82, 2.24) is 0 Å². The monoisotopic (exact) mass is 385 g/mol. The first-order valence-corrected chi connectivity index (χ1v) is 9.30. The molecular formula is C21H27N3O4. The van der Waals surface area contributed by atoms with E-state index >= 15 is 0 Å². The average molecular weight is 385 g/mol. The quantitative estimate of drug-likeness (QED) is 0.787. The minimum atomic E-state index is -0.333. The van der Waals surface area contributed by atoms with Gasteiger partial charge in [0.05, 0.1) is 20.3 Å². The highest BCUT2D eigenvalue weighted by atomic mass is 16.5. The molecule has 1 fully saturated rings. The zero-order valence-electron chi connectivity index (χ0n) is 16.5. The summed E-state index contributed by atoms with van der Waals surface area (Å²) in [6.45, 7) is 1.91. The number of rotatable bonds is 6. The molecule has 0 aliphatic carbocycles. The van der Waals surface area contributed by atoms with Crippen LogP contribution in [-0.4, -0.2) is 46.6 Å². The fraction of sp³-hybridized carbons (Fsp3) is 0.381. The van der Waals surface area contributed by atoms with Gasteiger partial charge in [-0.05, 0) is 37.1 Å². The number of nitrogens with one attached hydrogen (secondary N) is 2. The minimum absolute atomic E-state index is 0.275. The Hall–Kier alpha value is -2.93. The molecule has 2 N–H and O–H groups in total. The second-order valence-corrected chi connectivity index (χ2v) is 6.67. The highest BCUT2D eigenvalue weighted by molar-refractivity contribution is 6.00. The molecule has 150 valence electrons. The van der Waals surface area contributed by atoms with Crippen LogP contribution in [0.2, 0.25) is 0 Å². The van der Waals surface area contributed by atoms with Crippen molar-refractivity contribution >= 4 is 23.1 Å². The summed E-state index contributed by atoms with van der Waals surface area (Å²) in [6, 6.07) is 12.7. The topological polar surface area (TPSA) is 72.1 Å². The van der Waals surface area contributed by atoms with Crippen LogP contribution >= 0.6 is 0 Å². The Morgan fingerprint density at radius 2 is 1.61 bits per heavy atom. The number of piperidine rings is 1. The second-order valence-electron chi connectivity index (χ2n) is 6.67. The Morgan fingerprint density at radius 3 is 2.21 bits per heavy atom. The zero-order chi connectivity index (χ0) is 19.9. The molecule has 1 saturated heterocycles. The summed E-state index contributed by atoms with van der Waals surface area (Å²) in [4.78, 5) is 14.6. The Labute approximate surface area is 165 Å². The number of benzene rings is 2. The lowest BCUT2D eigenvalue weighted by atomic mass is 10.1. The van der Waals surface area contributed by atoms with E-state index in [2.05, 4.69) is 15.5 Å². The molecule has 1 unspecified atom stereocenters. The number of carbonyl (C=O) groups is 1. The molecule has 1 atom stereocenters. The first kappa shape index (κ1) is 19.8. The third-order valence-corrected chi connectivity index (χ3v) is 4.81. The third kappa shape index (κ3) is 5.07. The van der Waals surface area contributed by atoms with Crippen molar-refractivity contribution in [2.24, 2.45) is 0 Å². The normalized spacial score (nSPS) is 16.4. The highest BCUT2D eigenvalue weighted by Crippen LogP contribution is 2.26. The fourth-order valence-electron chi connectivity index (χ4n) is 3.29. The molecule has 0 radical (unpaired) electrons. The average Bonchev–Trinajstić information content (AvgIpc) is 2.73. The van der Waals surface area contributed by atoms with E-state index in [0.717, 1.165) is 37.3 Å². The SMILES string of the molecule is COc1cc(NC(=O)Nc2ccc(N3CCCC(OC)C3)cc2)cc(OC)c1. The van der Waals surface area contributed by atoms with Crippen molar-refractivity contribution in [2.45, 2.75) is 18.9 Å². The lowest BCUT2D eigenvalue weighted by Gasteiger charge is -2.33. The Bertz CT molecular complexity index is 772. The first-order chi connectivity index (χ1) is 13.6. The van der Waals surface area contributed by atoms with Gasteiger partial charge in [-0.3, -0.25) is 0 Å². The fourth-order valence-corrected chi connectivity index (χ4v) is 3.29. The van der Waals surface area contributed by atoms with Gasteiger partial charge in [0, 0.05) is 55.5 Å². The molecule has 3 rings (SSSR count). The summed E-state index contributed by atoms with van der Waals surface area (Å²) in [7, 11) is 4.90. The van der Waals surface area contributed by atoms with Crippen molar-refractivity contribution in [3.63, 3.8) is 0 Å². The molecule has 1 aliphatic heterocycles. The number of carbonyl (C=O) groups excluding carboxylic acids is 1. The molecule has 2 aromatic rings. The van der Waals surface area contributed by atoms with E-state index in [1.165, 1.54) is 0 Å². The van der Waals surface area contributed by atoms with Crippen molar-refractivity contribution in [2.75, 3.05) is 50.0 Å². The summed E-state index contributed by atoms with van der Waals surface area (Å²) in [5.74, 6) is 1.21. The molecule has 2 amide bonds. The standard InChI is InChI=1S/C21H27N3O4/c1-26-18-5-4-10-24(14-18)17-8-6-15(7-9-17)22-21(25)23-16-11-19(27-2)13-20(12-16)28-3/h6-9,11-13,18H,4-5,10,14H2,1-3H3,(H2,22,23,25). The van der Waals surface area contributed by atoms with Crippen LogP contribution in [0.25, 0.3) is 0 Å². The molecule has 0 saturated carbocycles. The van der Waals surface area contributed by atoms with Gasteiger partial charge < -0.3 is 29.7 Å². The Balaban J connectivity index is 1.60. The number of hydrogen-bond acceptors (Lipinski definition) is 5. The van der Waals surface area contributed by atoms with Crippen LogP contribution in [0.4, 0.5) is 21.9 Å². The van der Waals surface area contributed by atoms with E-state index in [-0.39, 0.29) is 12.1 Å². The van der Waals surface area contributed by atoms with E-state index in [4.69, 9.17) is 14.2 Å². The van der Waals surface area contributed by atoms with Crippen LogP contribution in [0.1, 0.15) is 12.8 Å². The van der Waals surface area contributed by atoms with Crippen LogP contribution in [0.15, 0.2) is 42.5 Å². The van der Waals surface area contributed by atoms with Gasteiger partial charge in [0.2, 0.25) is 0 Å². The number of methoxy groups -OCH3 is 3. The second kappa shape index (κ2) is 9.32. The lowest BCUT2D eigenvalue weighted by molar-refractivity contribution is 0.0893. The molecule has 0 aromatic heterocycles. The summed E-state index contributed by atoms with van der Waals surface area (Å²) < 4.78 is 15.9. The van der Waals surface area contributed by atoms with Crippen molar-refractivity contribution in [1.29, 1.82) is 0 Å². The summed E-state index contributed by atoms with van der Waals surface area (Å²) in [5.41, 5.74) is 2.44. The molecule has 1 aliphatic rings. The maximum atomic E-state index is 12.3. The van der Waals surface area contributed by atoms with Crippen LogP contribution in [-0.2, 0) is 4.74 Å². The molecule has 1 heterocycles. The molecule has 0 bridgehead atoms. The maximum absolute atomic E-state index is 12.3. The van der Waals surface area contributed by atoms with Crippen LogP contribution in [0, 0.1) is 0 Å². The lowest BCUT2D eigenvalue weighted by Crippen LogP contribution is -2.39. The van der Waals surface area contributed by atoms with Gasteiger partial charge >= 0.3 is 6.03 Å². The number of ether oxygens (including phenoxy) is 3. The van der Waals surface area contributed by atoms with Gasteiger partial charge in [-0.25, -0.2) is 4.79 Å².